The molecule has 1 aromatic heterocycles. The zero-order chi connectivity index (χ0) is 12.4. The van der Waals surface area contributed by atoms with Crippen LogP contribution >= 0.6 is 0 Å². The van der Waals surface area contributed by atoms with Crippen LogP contribution in [-0.2, 0) is 0 Å². The van der Waals surface area contributed by atoms with Crippen LogP contribution in [0.3, 0.4) is 0 Å². The van der Waals surface area contributed by atoms with E-state index in [9.17, 15) is 4.79 Å². The molecule has 0 amide bonds. The van der Waals surface area contributed by atoms with Crippen LogP contribution in [0, 0.1) is 0 Å². The minimum absolute atomic E-state index is 0.143. The van der Waals surface area contributed by atoms with E-state index in [0.29, 0.717) is 22.4 Å². The Balaban J connectivity index is 2.66. The van der Waals surface area contributed by atoms with Crippen molar-refractivity contribution in [3.63, 3.8) is 0 Å². The molecule has 0 atom stereocenters. The second-order valence-electron chi connectivity index (χ2n) is 3.43. The lowest BCUT2D eigenvalue weighted by molar-refractivity contribution is 0.0696. The highest BCUT2D eigenvalue weighted by molar-refractivity contribution is 5.93. The number of nitrogens with zero attached hydrogens (tertiary/aromatic N) is 1. The molecule has 0 aliphatic carbocycles. The second kappa shape index (κ2) is 4.29. The van der Waals surface area contributed by atoms with Gasteiger partial charge >= 0.3 is 5.97 Å². The number of methoxy groups -OCH3 is 2. The molecule has 0 radical (unpaired) electrons. The van der Waals surface area contributed by atoms with Crippen molar-refractivity contribution in [3.05, 3.63) is 30.0 Å². The molecule has 5 nitrogen and oxygen atoms in total. The lowest BCUT2D eigenvalue weighted by Gasteiger charge is -2.08. The maximum atomic E-state index is 10.8. The predicted molar refractivity (Wildman–Crippen MR) is 61.8 cm³/mol. The lowest BCUT2D eigenvalue weighted by atomic mass is 10.1. The zero-order valence-corrected chi connectivity index (χ0v) is 9.43. The molecular formula is C12H11NO4. The smallest absolute Gasteiger partial charge is 0.337 e. The number of hydrogen-bond donors (Lipinski definition) is 1. The summed E-state index contributed by atoms with van der Waals surface area (Å²) in [6, 6.07) is 4.96. The number of aromatic carboxylic acids is 1. The van der Waals surface area contributed by atoms with Crippen molar-refractivity contribution in [2.75, 3.05) is 14.2 Å². The Labute approximate surface area is 97.6 Å². The molecule has 1 N–H and O–H groups in total. The van der Waals surface area contributed by atoms with Crippen molar-refractivity contribution in [3.8, 4) is 11.5 Å². The van der Waals surface area contributed by atoms with Crippen molar-refractivity contribution < 1.29 is 19.4 Å². The standard InChI is InChI=1S/C12H11NO4/c1-16-10-4-7-3-8(12(14)15)6-13-9(7)5-11(10)17-2/h3-6H,1-2H3,(H,14,15). The van der Waals surface area contributed by atoms with E-state index < -0.39 is 5.97 Å². The van der Waals surface area contributed by atoms with Crippen LogP contribution in [0.4, 0.5) is 0 Å². The van der Waals surface area contributed by atoms with E-state index >= 15 is 0 Å². The first kappa shape index (κ1) is 11.2. The normalized spacial score (nSPS) is 10.2. The zero-order valence-electron chi connectivity index (χ0n) is 9.43. The van der Waals surface area contributed by atoms with E-state index in [2.05, 4.69) is 4.98 Å². The number of fused-ring (bicyclic) bond motifs is 1. The molecule has 0 aliphatic rings. The quantitative estimate of drug-likeness (QED) is 0.877. The third kappa shape index (κ3) is 1.99. The van der Waals surface area contributed by atoms with E-state index in [0.717, 1.165) is 0 Å². The summed E-state index contributed by atoms with van der Waals surface area (Å²) in [7, 11) is 3.06. The molecule has 0 bridgehead atoms. The largest absolute Gasteiger partial charge is 0.493 e. The van der Waals surface area contributed by atoms with Gasteiger partial charge in [-0.25, -0.2) is 4.79 Å². The highest BCUT2D eigenvalue weighted by Gasteiger charge is 2.09. The highest BCUT2D eigenvalue weighted by Crippen LogP contribution is 2.31. The molecule has 0 spiro atoms. The Morgan fingerprint density at radius 3 is 2.41 bits per heavy atom. The van der Waals surface area contributed by atoms with E-state index in [1.54, 1.807) is 18.2 Å². The molecule has 1 heterocycles. The minimum Gasteiger partial charge on any atom is -0.493 e. The Morgan fingerprint density at radius 1 is 1.18 bits per heavy atom. The van der Waals surface area contributed by atoms with Crippen LogP contribution in [0.25, 0.3) is 10.9 Å². The third-order valence-corrected chi connectivity index (χ3v) is 2.43. The molecule has 0 aliphatic heterocycles. The number of hydrogen-bond acceptors (Lipinski definition) is 4. The monoisotopic (exact) mass is 233 g/mol. The molecule has 0 unspecified atom stereocenters. The number of carbonyl (C=O) groups is 1. The van der Waals surface area contributed by atoms with Crippen molar-refractivity contribution in [1.82, 2.24) is 4.98 Å². The van der Waals surface area contributed by atoms with Gasteiger partial charge in [-0.2, -0.15) is 0 Å². The number of aromatic nitrogens is 1. The van der Waals surface area contributed by atoms with Gasteiger partial charge in [-0.3, -0.25) is 4.98 Å². The summed E-state index contributed by atoms with van der Waals surface area (Å²) in [5.74, 6) is 0.106. The maximum Gasteiger partial charge on any atom is 0.337 e. The van der Waals surface area contributed by atoms with Gasteiger partial charge in [0, 0.05) is 17.6 Å². The molecule has 1 aromatic carbocycles. The average molecular weight is 233 g/mol. The fourth-order valence-corrected chi connectivity index (χ4v) is 1.57. The second-order valence-corrected chi connectivity index (χ2v) is 3.43. The number of carboxylic acids is 1. The van der Waals surface area contributed by atoms with Gasteiger partial charge in [0.2, 0.25) is 0 Å². The van der Waals surface area contributed by atoms with Gasteiger partial charge in [-0.15, -0.1) is 0 Å². The number of benzene rings is 1. The van der Waals surface area contributed by atoms with E-state index in [-0.39, 0.29) is 5.56 Å². The summed E-state index contributed by atoms with van der Waals surface area (Å²) >= 11 is 0. The van der Waals surface area contributed by atoms with Crippen LogP contribution in [0.15, 0.2) is 24.4 Å². The van der Waals surface area contributed by atoms with E-state index in [1.807, 2.05) is 0 Å². The summed E-state index contributed by atoms with van der Waals surface area (Å²) in [6.07, 6.45) is 1.32. The van der Waals surface area contributed by atoms with Crippen LogP contribution < -0.4 is 9.47 Å². The van der Waals surface area contributed by atoms with Gasteiger partial charge in [0.15, 0.2) is 11.5 Å². The summed E-state index contributed by atoms with van der Waals surface area (Å²) < 4.78 is 10.3. The Morgan fingerprint density at radius 2 is 1.82 bits per heavy atom. The van der Waals surface area contributed by atoms with Gasteiger partial charge in [-0.05, 0) is 12.1 Å². The molecule has 2 aromatic rings. The van der Waals surface area contributed by atoms with Crippen LogP contribution in [0.2, 0.25) is 0 Å². The van der Waals surface area contributed by atoms with Gasteiger partial charge < -0.3 is 14.6 Å². The number of rotatable bonds is 3. The van der Waals surface area contributed by atoms with Crippen LogP contribution in [-0.4, -0.2) is 30.3 Å². The van der Waals surface area contributed by atoms with Gasteiger partial charge in [0.05, 0.1) is 25.3 Å². The molecule has 5 heteroatoms. The van der Waals surface area contributed by atoms with E-state index in [1.165, 1.54) is 20.4 Å². The summed E-state index contributed by atoms with van der Waals surface area (Å²) in [5, 5.41) is 9.57. The van der Waals surface area contributed by atoms with Crippen LogP contribution in [0.1, 0.15) is 10.4 Å². The van der Waals surface area contributed by atoms with Gasteiger partial charge in [-0.1, -0.05) is 0 Å². The van der Waals surface area contributed by atoms with E-state index in [4.69, 9.17) is 14.6 Å². The first-order valence-electron chi connectivity index (χ1n) is 4.91. The van der Waals surface area contributed by atoms with Gasteiger partial charge in [0.25, 0.3) is 0 Å². The summed E-state index contributed by atoms with van der Waals surface area (Å²) in [5.41, 5.74) is 0.803. The minimum atomic E-state index is -1.01. The number of carboxylic acid groups (broad SMARTS) is 1. The van der Waals surface area contributed by atoms with Crippen molar-refractivity contribution in [2.24, 2.45) is 0 Å². The number of pyridine rings is 1. The van der Waals surface area contributed by atoms with Crippen molar-refractivity contribution in [2.45, 2.75) is 0 Å². The number of ether oxygens (including phenoxy) is 2. The third-order valence-electron chi connectivity index (χ3n) is 2.43. The highest BCUT2D eigenvalue weighted by atomic mass is 16.5. The maximum absolute atomic E-state index is 10.8. The first-order chi connectivity index (χ1) is 8.15. The topological polar surface area (TPSA) is 68.7 Å². The van der Waals surface area contributed by atoms with Crippen LogP contribution in [0.5, 0.6) is 11.5 Å². The Bertz CT molecular complexity index is 580. The average Bonchev–Trinajstić information content (AvgIpc) is 2.36. The molecule has 88 valence electrons. The first-order valence-corrected chi connectivity index (χ1v) is 4.91. The van der Waals surface area contributed by atoms with Gasteiger partial charge in [0.1, 0.15) is 0 Å². The molecule has 0 saturated heterocycles. The van der Waals surface area contributed by atoms with Crippen molar-refractivity contribution in [1.29, 1.82) is 0 Å². The molecule has 0 saturated carbocycles. The molecular weight excluding hydrogens is 222 g/mol. The molecule has 2 rings (SSSR count). The Kier molecular flexibility index (Phi) is 2.82. The Hall–Kier alpha value is -2.30. The fourth-order valence-electron chi connectivity index (χ4n) is 1.57. The lowest BCUT2D eigenvalue weighted by Crippen LogP contribution is -1.98. The fraction of sp³-hybridized carbons (Fsp3) is 0.167. The predicted octanol–water partition coefficient (Wildman–Crippen LogP) is 1.95. The SMILES string of the molecule is COc1cc2cc(C(=O)O)cnc2cc1OC. The van der Waals surface area contributed by atoms with Crippen molar-refractivity contribution >= 4 is 16.9 Å². The summed E-state index contributed by atoms with van der Waals surface area (Å²) in [4.78, 5) is 14.9. The summed E-state index contributed by atoms with van der Waals surface area (Å²) in [6.45, 7) is 0. The molecule has 17 heavy (non-hydrogen) atoms. The molecule has 0 fully saturated rings.